The van der Waals surface area contributed by atoms with Gasteiger partial charge in [-0.25, -0.2) is 9.59 Å². The van der Waals surface area contributed by atoms with Crippen molar-refractivity contribution < 1.29 is 37.7 Å². The maximum absolute atomic E-state index is 13.6. The molecule has 0 amide bonds. The molecule has 23 heavy (non-hydrogen) atoms. The summed E-state index contributed by atoms with van der Waals surface area (Å²) in [4.78, 5) is 22.6. The van der Waals surface area contributed by atoms with Crippen molar-refractivity contribution >= 4 is 11.9 Å². The lowest BCUT2D eigenvalue weighted by Gasteiger charge is -2.26. The van der Waals surface area contributed by atoms with E-state index in [4.69, 9.17) is 19.3 Å². The zero-order valence-electron chi connectivity index (χ0n) is 12.9. The second-order valence-corrected chi connectivity index (χ2v) is 5.07. The van der Waals surface area contributed by atoms with Crippen LogP contribution in [-0.2, 0) is 14.3 Å². The molecule has 1 aromatic rings. The quantitative estimate of drug-likeness (QED) is 0.582. The topological polar surface area (TPSA) is 82.1 Å². The minimum atomic E-state index is -4.18. The lowest BCUT2D eigenvalue weighted by molar-refractivity contribution is -0.187. The number of hydrogen-bond acceptors (Lipinski definition) is 5. The van der Waals surface area contributed by atoms with Crippen molar-refractivity contribution in [1.82, 2.24) is 0 Å². The number of carboxylic acids is 1. The van der Waals surface area contributed by atoms with Gasteiger partial charge in [0.25, 0.3) is 0 Å². The fourth-order valence-corrected chi connectivity index (χ4v) is 1.75. The minimum Gasteiger partial charge on any atom is -0.477 e. The molecule has 0 saturated heterocycles. The molecular formula is C15H18F2O6. The van der Waals surface area contributed by atoms with E-state index >= 15 is 0 Å². The largest absolute Gasteiger partial charge is 0.477 e. The lowest BCUT2D eigenvalue weighted by Crippen LogP contribution is -2.47. The van der Waals surface area contributed by atoms with Crippen molar-refractivity contribution in [3.05, 3.63) is 29.8 Å². The predicted molar refractivity (Wildman–Crippen MR) is 75.6 cm³/mol. The Labute approximate surface area is 132 Å². The Morgan fingerprint density at radius 1 is 1.22 bits per heavy atom. The third-order valence-electron chi connectivity index (χ3n) is 2.92. The first kappa shape index (κ1) is 18.8. The Hall–Kier alpha value is -2.22. The van der Waals surface area contributed by atoms with Crippen LogP contribution >= 0.6 is 0 Å². The molecule has 1 aromatic carbocycles. The molecule has 1 N–H and O–H groups in total. The summed E-state index contributed by atoms with van der Waals surface area (Å²) in [6.07, 6.45) is -2.07. The van der Waals surface area contributed by atoms with Gasteiger partial charge in [-0.2, -0.15) is 8.78 Å². The van der Waals surface area contributed by atoms with Gasteiger partial charge in [0, 0.05) is 7.11 Å². The summed E-state index contributed by atoms with van der Waals surface area (Å²) >= 11 is 0. The second-order valence-electron chi connectivity index (χ2n) is 5.07. The molecule has 0 heterocycles. The van der Waals surface area contributed by atoms with E-state index in [1.54, 1.807) is 0 Å². The molecule has 0 aliphatic heterocycles. The molecular weight excluding hydrogens is 314 g/mol. The van der Waals surface area contributed by atoms with Gasteiger partial charge in [0.1, 0.15) is 5.75 Å². The van der Waals surface area contributed by atoms with Crippen molar-refractivity contribution in [1.29, 1.82) is 0 Å². The van der Waals surface area contributed by atoms with E-state index in [2.05, 4.69) is 0 Å². The smallest absolute Gasteiger partial charge is 0.378 e. The number of esters is 1. The number of rotatable bonds is 8. The van der Waals surface area contributed by atoms with Crippen LogP contribution in [0, 0.1) is 5.92 Å². The van der Waals surface area contributed by atoms with Gasteiger partial charge < -0.3 is 19.3 Å². The van der Waals surface area contributed by atoms with Crippen LogP contribution in [-0.4, -0.2) is 43.0 Å². The molecule has 0 radical (unpaired) electrons. The highest BCUT2D eigenvalue weighted by molar-refractivity contribution is 5.90. The third-order valence-corrected chi connectivity index (χ3v) is 2.92. The Morgan fingerprint density at radius 2 is 1.78 bits per heavy atom. The average molecular weight is 332 g/mol. The van der Waals surface area contributed by atoms with Gasteiger partial charge in [-0.15, -0.1) is 0 Å². The Morgan fingerprint density at radius 3 is 2.22 bits per heavy atom. The highest BCUT2D eigenvalue weighted by Gasteiger charge is 2.51. The first-order valence-corrected chi connectivity index (χ1v) is 6.74. The van der Waals surface area contributed by atoms with E-state index in [1.807, 2.05) is 0 Å². The van der Waals surface area contributed by atoms with Crippen LogP contribution in [0.5, 0.6) is 5.75 Å². The Bertz CT molecular complexity index is 541. The Kier molecular flexibility index (Phi) is 6.44. The van der Waals surface area contributed by atoms with Crippen molar-refractivity contribution in [3.8, 4) is 5.75 Å². The standard InChI is InChI=1S/C15H18F2O6/c1-9(2)12(15(16,17)14(19)20)23-13(18)10-4-6-11(7-5-10)22-8-21-3/h4-7,9,12H,8H2,1-3H3,(H,19,20). The minimum absolute atomic E-state index is 0.00149. The van der Waals surface area contributed by atoms with Crippen LogP contribution < -0.4 is 4.74 Å². The fraction of sp³-hybridized carbons (Fsp3) is 0.467. The number of carboxylic acid groups (broad SMARTS) is 1. The maximum atomic E-state index is 13.6. The number of methoxy groups -OCH3 is 1. The number of ether oxygens (including phenoxy) is 3. The number of halogens is 2. The summed E-state index contributed by atoms with van der Waals surface area (Å²) in [5, 5.41) is 8.59. The van der Waals surface area contributed by atoms with Crippen LogP contribution in [0.2, 0.25) is 0 Å². The van der Waals surface area contributed by atoms with Crippen molar-refractivity contribution in [2.45, 2.75) is 25.9 Å². The number of benzene rings is 1. The van der Waals surface area contributed by atoms with E-state index in [0.29, 0.717) is 5.75 Å². The number of alkyl halides is 2. The van der Waals surface area contributed by atoms with E-state index in [-0.39, 0.29) is 12.4 Å². The molecule has 0 aromatic heterocycles. The Balaban J connectivity index is 2.85. The summed E-state index contributed by atoms with van der Waals surface area (Å²) < 4.78 is 41.8. The number of carbonyl (C=O) groups excluding carboxylic acids is 1. The van der Waals surface area contributed by atoms with E-state index < -0.39 is 29.9 Å². The van der Waals surface area contributed by atoms with Crippen LogP contribution in [0.25, 0.3) is 0 Å². The lowest BCUT2D eigenvalue weighted by atomic mass is 10.0. The normalized spacial score (nSPS) is 12.8. The molecule has 8 heteroatoms. The van der Waals surface area contributed by atoms with E-state index in [0.717, 1.165) is 0 Å². The fourth-order valence-electron chi connectivity index (χ4n) is 1.75. The SMILES string of the molecule is COCOc1ccc(C(=O)OC(C(C)C)C(F)(F)C(=O)O)cc1. The van der Waals surface area contributed by atoms with Crippen molar-refractivity contribution in [2.24, 2.45) is 5.92 Å². The molecule has 0 spiro atoms. The zero-order valence-corrected chi connectivity index (χ0v) is 12.9. The molecule has 0 aliphatic rings. The number of carbonyl (C=O) groups is 2. The van der Waals surface area contributed by atoms with Gasteiger partial charge in [0.2, 0.25) is 0 Å². The van der Waals surface area contributed by atoms with Gasteiger partial charge in [-0.3, -0.25) is 0 Å². The van der Waals surface area contributed by atoms with Crippen LogP contribution in [0.4, 0.5) is 8.78 Å². The van der Waals surface area contributed by atoms with E-state index in [9.17, 15) is 18.4 Å². The van der Waals surface area contributed by atoms with Gasteiger partial charge in [0.15, 0.2) is 12.9 Å². The summed E-state index contributed by atoms with van der Waals surface area (Å²) in [5.74, 6) is -8.02. The van der Waals surface area contributed by atoms with Crippen molar-refractivity contribution in [3.63, 3.8) is 0 Å². The molecule has 1 unspecified atom stereocenters. The molecule has 1 atom stereocenters. The summed E-state index contributed by atoms with van der Waals surface area (Å²) in [6, 6.07) is 5.53. The zero-order chi connectivity index (χ0) is 17.6. The predicted octanol–water partition coefficient (Wildman–Crippen LogP) is 2.57. The van der Waals surface area contributed by atoms with Gasteiger partial charge in [0.05, 0.1) is 5.56 Å². The molecule has 128 valence electrons. The molecule has 6 nitrogen and oxygen atoms in total. The van der Waals surface area contributed by atoms with Crippen LogP contribution in [0.1, 0.15) is 24.2 Å². The van der Waals surface area contributed by atoms with Crippen LogP contribution in [0.15, 0.2) is 24.3 Å². The molecule has 0 fully saturated rings. The molecule has 0 saturated carbocycles. The molecule has 0 bridgehead atoms. The van der Waals surface area contributed by atoms with Crippen molar-refractivity contribution in [2.75, 3.05) is 13.9 Å². The van der Waals surface area contributed by atoms with E-state index in [1.165, 1.54) is 45.2 Å². The number of aliphatic carboxylic acids is 1. The van der Waals surface area contributed by atoms with Gasteiger partial charge in [-0.05, 0) is 30.2 Å². The molecule has 0 aliphatic carbocycles. The highest BCUT2D eigenvalue weighted by Crippen LogP contribution is 2.28. The van der Waals surface area contributed by atoms with Gasteiger partial charge in [-0.1, -0.05) is 13.8 Å². The average Bonchev–Trinajstić information content (AvgIpc) is 2.50. The van der Waals surface area contributed by atoms with Crippen LogP contribution in [0.3, 0.4) is 0 Å². The highest BCUT2D eigenvalue weighted by atomic mass is 19.3. The first-order valence-electron chi connectivity index (χ1n) is 6.74. The first-order chi connectivity index (χ1) is 10.7. The monoisotopic (exact) mass is 332 g/mol. The third kappa shape index (κ3) is 4.88. The van der Waals surface area contributed by atoms with Gasteiger partial charge >= 0.3 is 17.9 Å². The second kappa shape index (κ2) is 7.87. The molecule has 1 rings (SSSR count). The summed E-state index contributed by atoms with van der Waals surface area (Å²) in [6.45, 7) is 2.71. The number of hydrogen-bond donors (Lipinski definition) is 1. The maximum Gasteiger partial charge on any atom is 0.378 e. The summed E-state index contributed by atoms with van der Waals surface area (Å²) in [5.41, 5.74) is 0.00149. The summed E-state index contributed by atoms with van der Waals surface area (Å²) in [7, 11) is 1.44.